The van der Waals surface area contributed by atoms with E-state index in [1.54, 1.807) is 0 Å². The highest BCUT2D eigenvalue weighted by molar-refractivity contribution is 5.93. The molecule has 2 atom stereocenters. The molecule has 1 aliphatic heterocycles. The van der Waals surface area contributed by atoms with Gasteiger partial charge in [0.2, 0.25) is 0 Å². The van der Waals surface area contributed by atoms with Crippen molar-refractivity contribution in [2.24, 2.45) is 15.2 Å². The normalized spacial score (nSPS) is 21.3. The maximum Gasteiger partial charge on any atom is 0.129 e. The summed E-state index contributed by atoms with van der Waals surface area (Å²) >= 11 is 0. The molecule has 0 saturated carbocycles. The molecule has 1 heterocycles. The van der Waals surface area contributed by atoms with Crippen molar-refractivity contribution in [3.8, 4) is 0 Å². The van der Waals surface area contributed by atoms with Crippen LogP contribution in [-0.4, -0.2) is 17.8 Å². The number of azo groups is 1. The first kappa shape index (κ1) is 13.5. The number of hydrogen-bond donors (Lipinski definition) is 1. The molecular formula is C17H18N4. The summed E-state index contributed by atoms with van der Waals surface area (Å²) in [7, 11) is 0. The van der Waals surface area contributed by atoms with Crippen molar-refractivity contribution in [3.63, 3.8) is 0 Å². The van der Waals surface area contributed by atoms with Gasteiger partial charge in [-0.1, -0.05) is 30.3 Å². The van der Waals surface area contributed by atoms with E-state index in [1.165, 1.54) is 0 Å². The third kappa shape index (κ3) is 2.99. The predicted octanol–water partition coefficient (Wildman–Crippen LogP) is 4.75. The second kappa shape index (κ2) is 5.87. The molecule has 4 nitrogen and oxygen atoms in total. The van der Waals surface area contributed by atoms with Crippen molar-refractivity contribution in [2.45, 2.75) is 25.9 Å². The van der Waals surface area contributed by atoms with Crippen LogP contribution in [0, 0.1) is 0 Å². The minimum absolute atomic E-state index is 0.0717. The first-order valence-corrected chi connectivity index (χ1v) is 7.11. The number of nitrogens with one attached hydrogen (secondary N) is 1. The maximum atomic E-state index is 4.68. The van der Waals surface area contributed by atoms with Gasteiger partial charge in [-0.25, -0.2) is 0 Å². The van der Waals surface area contributed by atoms with E-state index >= 15 is 0 Å². The fourth-order valence-corrected chi connectivity index (χ4v) is 2.44. The standard InChI is InChI=1S/C17H18N4/c1-12-17(21-20-14-8-4-3-5-9-14)13(2)19-16-11-7-6-10-15(16)18-12/h3-12,17-18H,1-2H3. The van der Waals surface area contributed by atoms with Gasteiger partial charge in [0.1, 0.15) is 6.04 Å². The lowest BCUT2D eigenvalue weighted by atomic mass is 10.1. The van der Waals surface area contributed by atoms with Crippen LogP contribution in [0.2, 0.25) is 0 Å². The SMILES string of the molecule is CC1=Nc2ccccc2NC(C)C1N=Nc1ccccc1. The third-order valence-electron chi connectivity index (χ3n) is 3.54. The number of benzene rings is 2. The summed E-state index contributed by atoms with van der Waals surface area (Å²) in [6.07, 6.45) is 0. The highest BCUT2D eigenvalue weighted by atomic mass is 15.2. The molecule has 21 heavy (non-hydrogen) atoms. The smallest absolute Gasteiger partial charge is 0.129 e. The van der Waals surface area contributed by atoms with E-state index in [-0.39, 0.29) is 12.1 Å². The zero-order valence-electron chi connectivity index (χ0n) is 12.2. The summed E-state index contributed by atoms with van der Waals surface area (Å²) in [5.41, 5.74) is 3.83. The lowest BCUT2D eigenvalue weighted by Gasteiger charge is -2.18. The van der Waals surface area contributed by atoms with Gasteiger partial charge < -0.3 is 5.32 Å². The van der Waals surface area contributed by atoms with Crippen LogP contribution in [0.25, 0.3) is 0 Å². The molecule has 2 aromatic carbocycles. The summed E-state index contributed by atoms with van der Waals surface area (Å²) in [6, 6.07) is 17.9. The van der Waals surface area contributed by atoms with Crippen LogP contribution in [0.4, 0.5) is 17.1 Å². The topological polar surface area (TPSA) is 49.1 Å². The molecule has 0 fully saturated rings. The van der Waals surface area contributed by atoms with Gasteiger partial charge in [0.15, 0.2) is 0 Å². The van der Waals surface area contributed by atoms with Gasteiger partial charge in [0.05, 0.1) is 23.1 Å². The monoisotopic (exact) mass is 278 g/mol. The Morgan fingerprint density at radius 2 is 1.71 bits per heavy atom. The minimum atomic E-state index is -0.0717. The van der Waals surface area contributed by atoms with Crippen molar-refractivity contribution in [2.75, 3.05) is 5.32 Å². The van der Waals surface area contributed by atoms with Gasteiger partial charge in [-0.05, 0) is 38.1 Å². The number of para-hydroxylation sites is 2. The zero-order chi connectivity index (χ0) is 14.7. The number of hydrogen-bond acceptors (Lipinski definition) is 4. The molecule has 0 radical (unpaired) electrons. The van der Waals surface area contributed by atoms with Crippen LogP contribution in [0.1, 0.15) is 13.8 Å². The Morgan fingerprint density at radius 3 is 2.52 bits per heavy atom. The van der Waals surface area contributed by atoms with Crippen molar-refractivity contribution in [1.29, 1.82) is 0 Å². The Kier molecular flexibility index (Phi) is 3.77. The van der Waals surface area contributed by atoms with Gasteiger partial charge in [-0.2, -0.15) is 10.2 Å². The molecule has 3 rings (SSSR count). The molecule has 2 aromatic rings. The molecule has 0 aliphatic carbocycles. The first-order chi connectivity index (χ1) is 10.2. The Bertz CT molecular complexity index is 676. The number of nitrogens with zero attached hydrogens (tertiary/aromatic N) is 3. The molecule has 1 aliphatic rings. The van der Waals surface area contributed by atoms with E-state index in [9.17, 15) is 0 Å². The van der Waals surface area contributed by atoms with Crippen LogP contribution in [0.15, 0.2) is 69.8 Å². The van der Waals surface area contributed by atoms with Crippen LogP contribution in [0.5, 0.6) is 0 Å². The van der Waals surface area contributed by atoms with Gasteiger partial charge in [-0.15, -0.1) is 0 Å². The van der Waals surface area contributed by atoms with Gasteiger partial charge in [0.25, 0.3) is 0 Å². The summed E-state index contributed by atoms with van der Waals surface area (Å²) in [5, 5.41) is 12.3. The van der Waals surface area contributed by atoms with E-state index in [0.717, 1.165) is 22.8 Å². The molecule has 2 unspecified atom stereocenters. The van der Waals surface area contributed by atoms with E-state index in [0.29, 0.717) is 0 Å². The molecule has 0 spiro atoms. The molecule has 4 heteroatoms. The Morgan fingerprint density at radius 1 is 1.00 bits per heavy atom. The van der Waals surface area contributed by atoms with Crippen LogP contribution >= 0.6 is 0 Å². The molecule has 0 bridgehead atoms. The summed E-state index contributed by atoms with van der Waals surface area (Å²) in [5.74, 6) is 0. The molecule has 0 aromatic heterocycles. The van der Waals surface area contributed by atoms with Crippen molar-refractivity contribution in [1.82, 2.24) is 0 Å². The van der Waals surface area contributed by atoms with Gasteiger partial charge >= 0.3 is 0 Å². The predicted molar refractivity (Wildman–Crippen MR) is 87.0 cm³/mol. The summed E-state index contributed by atoms with van der Waals surface area (Å²) in [6.45, 7) is 4.12. The molecule has 106 valence electrons. The molecule has 0 saturated heterocycles. The van der Waals surface area contributed by atoms with Crippen LogP contribution < -0.4 is 5.32 Å². The van der Waals surface area contributed by atoms with Crippen LogP contribution in [-0.2, 0) is 0 Å². The molecular weight excluding hydrogens is 260 g/mol. The second-order valence-electron chi connectivity index (χ2n) is 5.20. The second-order valence-corrected chi connectivity index (χ2v) is 5.20. The maximum absolute atomic E-state index is 4.68. The number of aliphatic imine (C=N–C) groups is 1. The first-order valence-electron chi connectivity index (χ1n) is 7.11. The number of fused-ring (bicyclic) bond motifs is 1. The average molecular weight is 278 g/mol. The highest BCUT2D eigenvalue weighted by Crippen LogP contribution is 2.29. The Hall–Kier alpha value is -2.49. The third-order valence-corrected chi connectivity index (χ3v) is 3.54. The zero-order valence-corrected chi connectivity index (χ0v) is 12.2. The van der Waals surface area contributed by atoms with E-state index in [2.05, 4.69) is 27.5 Å². The van der Waals surface area contributed by atoms with Crippen LogP contribution in [0.3, 0.4) is 0 Å². The van der Waals surface area contributed by atoms with Gasteiger partial charge in [0, 0.05) is 5.71 Å². The minimum Gasteiger partial charge on any atom is -0.378 e. The Labute approximate surface area is 124 Å². The van der Waals surface area contributed by atoms with Gasteiger partial charge in [-0.3, -0.25) is 4.99 Å². The Balaban J connectivity index is 1.89. The summed E-state index contributed by atoms with van der Waals surface area (Å²) in [4.78, 5) is 4.68. The quantitative estimate of drug-likeness (QED) is 0.792. The van der Waals surface area contributed by atoms with Crippen molar-refractivity contribution in [3.05, 3.63) is 54.6 Å². The largest absolute Gasteiger partial charge is 0.378 e. The average Bonchev–Trinajstić information content (AvgIpc) is 2.62. The lowest BCUT2D eigenvalue weighted by Crippen LogP contribution is -2.33. The fraction of sp³-hybridized carbons (Fsp3) is 0.235. The van der Waals surface area contributed by atoms with Crippen molar-refractivity contribution < 1.29 is 0 Å². The molecule has 1 N–H and O–H groups in total. The van der Waals surface area contributed by atoms with Crippen molar-refractivity contribution >= 4 is 22.8 Å². The summed E-state index contributed by atoms with van der Waals surface area (Å²) < 4.78 is 0. The number of anilines is 1. The number of rotatable bonds is 2. The van der Waals surface area contributed by atoms with E-state index in [1.807, 2.05) is 61.5 Å². The van der Waals surface area contributed by atoms with E-state index in [4.69, 9.17) is 0 Å². The lowest BCUT2D eigenvalue weighted by molar-refractivity contribution is 0.695. The van der Waals surface area contributed by atoms with E-state index < -0.39 is 0 Å². The fourth-order valence-electron chi connectivity index (χ4n) is 2.44. The highest BCUT2D eigenvalue weighted by Gasteiger charge is 2.23. The molecule has 0 amide bonds.